The Labute approximate surface area is 92.5 Å². The number of rotatable bonds is 6. The molecule has 3 nitrogen and oxygen atoms in total. The zero-order chi connectivity index (χ0) is 11.1. The molecule has 0 amide bonds. The van der Waals surface area contributed by atoms with Crippen molar-refractivity contribution in [3.05, 3.63) is 24.4 Å². The average molecular weight is 207 g/mol. The second-order valence-electron chi connectivity index (χ2n) is 4.07. The molecule has 0 atom stereocenters. The highest BCUT2D eigenvalue weighted by atomic mass is 15.1. The zero-order valence-electron chi connectivity index (χ0n) is 9.90. The maximum Gasteiger partial charge on any atom is 0.125 e. The van der Waals surface area contributed by atoms with Crippen LogP contribution in [0.5, 0.6) is 0 Å². The minimum Gasteiger partial charge on any atom is -0.370 e. The van der Waals surface area contributed by atoms with Crippen LogP contribution in [-0.2, 0) is 0 Å². The number of nitrogens with one attached hydrogen (secondary N) is 1. The van der Waals surface area contributed by atoms with Crippen molar-refractivity contribution in [2.24, 2.45) is 0 Å². The lowest BCUT2D eigenvalue weighted by Gasteiger charge is -2.20. The van der Waals surface area contributed by atoms with E-state index in [4.69, 9.17) is 0 Å². The molecule has 0 aliphatic heterocycles. The van der Waals surface area contributed by atoms with Gasteiger partial charge in [0.05, 0.1) is 0 Å². The second kappa shape index (κ2) is 6.40. The van der Waals surface area contributed by atoms with Gasteiger partial charge < -0.3 is 10.2 Å². The minimum atomic E-state index is 0.625. The lowest BCUT2D eigenvalue weighted by atomic mass is 10.3. The fourth-order valence-corrected chi connectivity index (χ4v) is 1.27. The fraction of sp³-hybridized carbons (Fsp3) is 0.583. The summed E-state index contributed by atoms with van der Waals surface area (Å²) in [6.07, 6.45) is 2.95. The number of anilines is 1. The number of hydrogen-bond donors (Lipinski definition) is 1. The first-order valence-corrected chi connectivity index (χ1v) is 5.55. The predicted molar refractivity (Wildman–Crippen MR) is 65.1 cm³/mol. The Kier molecular flexibility index (Phi) is 5.12. The predicted octanol–water partition coefficient (Wildman–Crippen LogP) is 2.22. The third-order valence-corrected chi connectivity index (χ3v) is 2.54. The summed E-state index contributed by atoms with van der Waals surface area (Å²) in [4.78, 5) is 6.55. The van der Waals surface area contributed by atoms with Crippen molar-refractivity contribution in [2.75, 3.05) is 25.5 Å². The molecule has 0 saturated heterocycles. The molecule has 84 valence electrons. The molecule has 1 heterocycles. The van der Waals surface area contributed by atoms with E-state index in [9.17, 15) is 0 Å². The van der Waals surface area contributed by atoms with E-state index in [1.54, 1.807) is 0 Å². The summed E-state index contributed by atoms with van der Waals surface area (Å²) in [5.41, 5.74) is 0. The van der Waals surface area contributed by atoms with E-state index in [-0.39, 0.29) is 0 Å². The summed E-state index contributed by atoms with van der Waals surface area (Å²) in [7, 11) is 2.16. The Morgan fingerprint density at radius 2 is 2.20 bits per heavy atom. The van der Waals surface area contributed by atoms with Gasteiger partial charge in [0.15, 0.2) is 0 Å². The van der Waals surface area contributed by atoms with Crippen molar-refractivity contribution in [1.29, 1.82) is 0 Å². The van der Waals surface area contributed by atoms with Crippen molar-refractivity contribution in [2.45, 2.75) is 26.3 Å². The van der Waals surface area contributed by atoms with Gasteiger partial charge in [-0.1, -0.05) is 6.07 Å². The molecular weight excluding hydrogens is 186 g/mol. The summed E-state index contributed by atoms with van der Waals surface area (Å²) >= 11 is 0. The third-order valence-electron chi connectivity index (χ3n) is 2.54. The Morgan fingerprint density at radius 3 is 2.80 bits per heavy atom. The molecule has 0 saturated carbocycles. The largest absolute Gasteiger partial charge is 0.370 e. The lowest BCUT2D eigenvalue weighted by Crippen LogP contribution is -2.28. The molecule has 1 aromatic rings. The van der Waals surface area contributed by atoms with Crippen LogP contribution in [0.4, 0.5) is 5.82 Å². The summed E-state index contributed by atoms with van der Waals surface area (Å²) in [6.45, 7) is 6.53. The van der Waals surface area contributed by atoms with Gasteiger partial charge in [-0.05, 0) is 46.0 Å². The summed E-state index contributed by atoms with van der Waals surface area (Å²) < 4.78 is 0. The molecule has 15 heavy (non-hydrogen) atoms. The maximum atomic E-state index is 4.21. The number of aromatic nitrogens is 1. The molecule has 1 rings (SSSR count). The van der Waals surface area contributed by atoms with Gasteiger partial charge in [-0.3, -0.25) is 0 Å². The van der Waals surface area contributed by atoms with E-state index < -0.39 is 0 Å². The quantitative estimate of drug-likeness (QED) is 0.725. The van der Waals surface area contributed by atoms with Crippen LogP contribution < -0.4 is 5.32 Å². The Balaban J connectivity index is 2.12. The maximum absolute atomic E-state index is 4.21. The van der Waals surface area contributed by atoms with Gasteiger partial charge in [0.2, 0.25) is 0 Å². The molecule has 0 radical (unpaired) electrons. The van der Waals surface area contributed by atoms with Crippen LogP contribution in [0.2, 0.25) is 0 Å². The van der Waals surface area contributed by atoms with Gasteiger partial charge in [0, 0.05) is 18.8 Å². The van der Waals surface area contributed by atoms with Gasteiger partial charge in [-0.25, -0.2) is 4.98 Å². The Morgan fingerprint density at radius 1 is 1.40 bits per heavy atom. The molecule has 0 aliphatic carbocycles. The second-order valence-corrected chi connectivity index (χ2v) is 4.07. The highest BCUT2D eigenvalue weighted by Crippen LogP contribution is 2.00. The lowest BCUT2D eigenvalue weighted by molar-refractivity contribution is 0.273. The first-order chi connectivity index (χ1) is 7.20. The molecule has 0 spiro atoms. The van der Waals surface area contributed by atoms with E-state index in [0.717, 1.165) is 25.3 Å². The van der Waals surface area contributed by atoms with Gasteiger partial charge in [-0.15, -0.1) is 0 Å². The van der Waals surface area contributed by atoms with Crippen molar-refractivity contribution >= 4 is 5.82 Å². The van der Waals surface area contributed by atoms with Crippen molar-refractivity contribution in [3.8, 4) is 0 Å². The highest BCUT2D eigenvalue weighted by molar-refractivity contribution is 5.32. The number of hydrogen-bond acceptors (Lipinski definition) is 3. The highest BCUT2D eigenvalue weighted by Gasteiger charge is 2.01. The molecule has 0 fully saturated rings. The minimum absolute atomic E-state index is 0.625. The van der Waals surface area contributed by atoms with E-state index in [1.165, 1.54) is 0 Å². The molecule has 0 bridgehead atoms. The fourth-order valence-electron chi connectivity index (χ4n) is 1.27. The third kappa shape index (κ3) is 4.79. The molecule has 0 unspecified atom stereocenters. The van der Waals surface area contributed by atoms with Crippen LogP contribution in [-0.4, -0.2) is 36.1 Å². The Hall–Kier alpha value is -1.09. The molecule has 0 aliphatic rings. The van der Waals surface area contributed by atoms with Gasteiger partial charge in [-0.2, -0.15) is 0 Å². The van der Waals surface area contributed by atoms with Crippen molar-refractivity contribution < 1.29 is 0 Å². The first-order valence-electron chi connectivity index (χ1n) is 5.55. The molecule has 0 aromatic carbocycles. The monoisotopic (exact) mass is 207 g/mol. The summed E-state index contributed by atoms with van der Waals surface area (Å²) in [5, 5.41) is 3.30. The first kappa shape index (κ1) is 12.0. The van der Waals surface area contributed by atoms with Gasteiger partial charge >= 0.3 is 0 Å². The van der Waals surface area contributed by atoms with Crippen LogP contribution in [0.3, 0.4) is 0 Å². The molecule has 1 N–H and O–H groups in total. The number of pyridine rings is 1. The summed E-state index contributed by atoms with van der Waals surface area (Å²) in [5.74, 6) is 0.963. The SMILES string of the molecule is CC(C)N(C)CCCNc1ccccn1. The Bertz CT molecular complexity index is 259. The van der Waals surface area contributed by atoms with E-state index >= 15 is 0 Å². The van der Waals surface area contributed by atoms with E-state index in [2.05, 4.69) is 36.1 Å². The normalized spacial score (nSPS) is 11.0. The van der Waals surface area contributed by atoms with Crippen LogP contribution >= 0.6 is 0 Å². The standard InChI is InChI=1S/C12H21N3/c1-11(2)15(3)10-6-9-14-12-7-4-5-8-13-12/h4-5,7-8,11H,6,9-10H2,1-3H3,(H,13,14). The smallest absolute Gasteiger partial charge is 0.125 e. The van der Waals surface area contributed by atoms with Crippen molar-refractivity contribution in [1.82, 2.24) is 9.88 Å². The molecule has 3 heteroatoms. The van der Waals surface area contributed by atoms with Gasteiger partial charge in [0.25, 0.3) is 0 Å². The van der Waals surface area contributed by atoms with Crippen molar-refractivity contribution in [3.63, 3.8) is 0 Å². The van der Waals surface area contributed by atoms with Crippen LogP contribution in [0.15, 0.2) is 24.4 Å². The van der Waals surface area contributed by atoms with Crippen LogP contribution in [0, 0.1) is 0 Å². The zero-order valence-corrected chi connectivity index (χ0v) is 9.90. The molecular formula is C12H21N3. The molecule has 1 aromatic heterocycles. The van der Waals surface area contributed by atoms with E-state index in [1.807, 2.05) is 24.4 Å². The topological polar surface area (TPSA) is 28.2 Å². The van der Waals surface area contributed by atoms with Crippen LogP contribution in [0.25, 0.3) is 0 Å². The van der Waals surface area contributed by atoms with Gasteiger partial charge in [0.1, 0.15) is 5.82 Å². The summed E-state index contributed by atoms with van der Waals surface area (Å²) in [6, 6.07) is 6.54. The van der Waals surface area contributed by atoms with Crippen LogP contribution in [0.1, 0.15) is 20.3 Å². The number of nitrogens with zero attached hydrogens (tertiary/aromatic N) is 2. The average Bonchev–Trinajstić information content (AvgIpc) is 2.25. The van der Waals surface area contributed by atoms with E-state index in [0.29, 0.717) is 6.04 Å².